The van der Waals surface area contributed by atoms with E-state index >= 15 is 0 Å². The second-order valence-corrected chi connectivity index (χ2v) is 6.30. The van der Waals surface area contributed by atoms with E-state index in [0.717, 1.165) is 12.1 Å². The number of hydrogen-bond acceptors (Lipinski definition) is 5. The summed E-state index contributed by atoms with van der Waals surface area (Å²) < 4.78 is 45.9. The molecule has 0 fully saturated rings. The summed E-state index contributed by atoms with van der Waals surface area (Å²) in [6.07, 6.45) is -3.44. The molecule has 0 aliphatic carbocycles. The summed E-state index contributed by atoms with van der Waals surface area (Å²) in [5.74, 6) is -0.718. The van der Waals surface area contributed by atoms with Gasteiger partial charge in [-0.1, -0.05) is 18.2 Å². The lowest BCUT2D eigenvalue weighted by atomic mass is 10.1. The van der Waals surface area contributed by atoms with Crippen LogP contribution in [0, 0.1) is 0 Å². The monoisotopic (exact) mass is 431 g/mol. The van der Waals surface area contributed by atoms with Crippen molar-refractivity contribution in [3.8, 4) is 17.4 Å². The van der Waals surface area contributed by atoms with Crippen LogP contribution in [0.5, 0.6) is 17.4 Å². The van der Waals surface area contributed by atoms with Crippen LogP contribution >= 0.6 is 0 Å². The molecule has 0 aliphatic rings. The Hall–Kier alpha value is -4.08. The number of nitrogens with one attached hydrogen (secondary N) is 1. The summed E-state index contributed by atoms with van der Waals surface area (Å²) in [6, 6.07) is 14.4. The molecule has 0 aliphatic heterocycles. The molecule has 0 bridgehead atoms. The van der Waals surface area contributed by atoms with Crippen LogP contribution in [0.2, 0.25) is 0 Å². The number of anilines is 1. The Morgan fingerprint density at radius 1 is 1.00 bits per heavy atom. The van der Waals surface area contributed by atoms with E-state index in [4.69, 9.17) is 10.5 Å². The van der Waals surface area contributed by atoms with Crippen LogP contribution in [0.15, 0.2) is 66.9 Å². The lowest BCUT2D eigenvalue weighted by Gasteiger charge is -2.10. The summed E-state index contributed by atoms with van der Waals surface area (Å²) >= 11 is 0. The number of aromatic nitrogens is 1. The summed E-state index contributed by atoms with van der Waals surface area (Å²) in [5.41, 5.74) is 6.43. The number of nitrogens with zero attached hydrogens (tertiary/aromatic N) is 1. The molecule has 160 valence electrons. The highest BCUT2D eigenvalue weighted by atomic mass is 19.4. The third-order valence-electron chi connectivity index (χ3n) is 3.88. The van der Waals surface area contributed by atoms with Gasteiger partial charge in [-0.2, -0.15) is 0 Å². The van der Waals surface area contributed by atoms with E-state index in [9.17, 15) is 22.8 Å². The Bertz CT molecular complexity index is 1070. The summed E-state index contributed by atoms with van der Waals surface area (Å²) in [6.45, 7) is 0. The smallest absolute Gasteiger partial charge is 0.439 e. The number of primary amides is 1. The van der Waals surface area contributed by atoms with Crippen LogP contribution in [0.4, 0.5) is 18.9 Å². The van der Waals surface area contributed by atoms with Crippen molar-refractivity contribution in [2.45, 2.75) is 12.8 Å². The molecule has 1 aromatic heterocycles. The van der Waals surface area contributed by atoms with Crippen molar-refractivity contribution >= 4 is 17.5 Å². The fraction of sp³-hybridized carbons (Fsp3) is 0.0952. The van der Waals surface area contributed by atoms with Crippen molar-refractivity contribution in [3.63, 3.8) is 0 Å². The third kappa shape index (κ3) is 6.74. The molecule has 0 saturated carbocycles. The van der Waals surface area contributed by atoms with Crippen LogP contribution in [0.1, 0.15) is 15.9 Å². The van der Waals surface area contributed by atoms with Gasteiger partial charge in [-0.3, -0.25) is 9.59 Å². The number of rotatable bonds is 7. The van der Waals surface area contributed by atoms with Gasteiger partial charge >= 0.3 is 6.36 Å². The Labute approximate surface area is 174 Å². The molecule has 31 heavy (non-hydrogen) atoms. The topological polar surface area (TPSA) is 104 Å². The summed E-state index contributed by atoms with van der Waals surface area (Å²) in [7, 11) is 0. The van der Waals surface area contributed by atoms with Gasteiger partial charge in [0, 0.05) is 11.6 Å². The fourth-order valence-electron chi connectivity index (χ4n) is 2.55. The molecule has 2 amide bonds. The molecule has 0 saturated heterocycles. The number of carbonyl (C=O) groups excluding carboxylic acids is 2. The number of hydrogen-bond donors (Lipinski definition) is 2. The molecule has 2 aromatic carbocycles. The number of alkyl halides is 3. The number of pyridine rings is 1. The van der Waals surface area contributed by atoms with Crippen molar-refractivity contribution in [2.75, 3.05) is 5.32 Å². The molecular weight excluding hydrogens is 415 g/mol. The first kappa shape index (κ1) is 21.6. The van der Waals surface area contributed by atoms with E-state index < -0.39 is 12.3 Å². The van der Waals surface area contributed by atoms with E-state index in [1.54, 1.807) is 24.3 Å². The van der Waals surface area contributed by atoms with Gasteiger partial charge in [0.25, 0.3) is 0 Å². The zero-order chi connectivity index (χ0) is 22.4. The highest BCUT2D eigenvalue weighted by Crippen LogP contribution is 2.23. The van der Waals surface area contributed by atoms with Gasteiger partial charge in [0.1, 0.15) is 11.5 Å². The highest BCUT2D eigenvalue weighted by molar-refractivity contribution is 5.93. The predicted molar refractivity (Wildman–Crippen MR) is 105 cm³/mol. The minimum Gasteiger partial charge on any atom is -0.439 e. The van der Waals surface area contributed by atoms with Gasteiger partial charge in [0.15, 0.2) is 0 Å². The molecular formula is C21H16F3N3O4. The van der Waals surface area contributed by atoms with E-state index in [0.29, 0.717) is 22.6 Å². The lowest BCUT2D eigenvalue weighted by molar-refractivity contribution is -0.274. The first-order valence-corrected chi connectivity index (χ1v) is 8.86. The zero-order valence-electron chi connectivity index (χ0n) is 15.8. The van der Waals surface area contributed by atoms with Crippen LogP contribution in [0.3, 0.4) is 0 Å². The second kappa shape index (κ2) is 9.16. The quantitative estimate of drug-likeness (QED) is 0.587. The summed E-state index contributed by atoms with van der Waals surface area (Å²) in [5, 5.41) is 2.63. The number of carbonyl (C=O) groups is 2. The molecule has 7 nitrogen and oxygen atoms in total. The van der Waals surface area contributed by atoms with Gasteiger partial charge in [-0.05, 0) is 42.0 Å². The van der Waals surface area contributed by atoms with Crippen LogP contribution in [-0.2, 0) is 11.2 Å². The number of nitrogens with two attached hydrogens (primary N) is 1. The fourth-order valence-corrected chi connectivity index (χ4v) is 2.55. The Kier molecular flexibility index (Phi) is 6.39. The first-order chi connectivity index (χ1) is 14.7. The summed E-state index contributed by atoms with van der Waals surface area (Å²) in [4.78, 5) is 27.4. The van der Waals surface area contributed by atoms with E-state index in [1.807, 2.05) is 0 Å². The molecule has 0 unspecified atom stereocenters. The number of amides is 2. The van der Waals surface area contributed by atoms with Crippen molar-refractivity contribution in [3.05, 3.63) is 78.0 Å². The van der Waals surface area contributed by atoms with E-state index in [-0.39, 0.29) is 24.0 Å². The van der Waals surface area contributed by atoms with E-state index in [1.165, 1.54) is 30.5 Å². The minimum atomic E-state index is -4.77. The molecule has 0 spiro atoms. The largest absolute Gasteiger partial charge is 0.573 e. The molecule has 3 aromatic rings. The molecule has 1 heterocycles. The predicted octanol–water partition coefficient (Wildman–Crippen LogP) is 4.05. The Balaban J connectivity index is 1.55. The van der Waals surface area contributed by atoms with Crippen LogP contribution in [0.25, 0.3) is 0 Å². The highest BCUT2D eigenvalue weighted by Gasteiger charge is 2.30. The first-order valence-electron chi connectivity index (χ1n) is 8.86. The average Bonchev–Trinajstić information content (AvgIpc) is 2.70. The van der Waals surface area contributed by atoms with Crippen molar-refractivity contribution in [1.29, 1.82) is 0 Å². The average molecular weight is 431 g/mol. The molecule has 3 rings (SSSR count). The number of ether oxygens (including phenoxy) is 2. The molecule has 0 atom stereocenters. The van der Waals surface area contributed by atoms with Crippen molar-refractivity contribution in [2.24, 2.45) is 5.73 Å². The maximum absolute atomic E-state index is 12.2. The lowest BCUT2D eigenvalue weighted by Crippen LogP contribution is -2.17. The Morgan fingerprint density at radius 3 is 2.35 bits per heavy atom. The maximum Gasteiger partial charge on any atom is 0.573 e. The van der Waals surface area contributed by atoms with E-state index in [2.05, 4.69) is 15.0 Å². The van der Waals surface area contributed by atoms with Gasteiger partial charge in [-0.25, -0.2) is 4.98 Å². The number of benzene rings is 2. The van der Waals surface area contributed by atoms with Crippen LogP contribution < -0.4 is 20.5 Å². The molecule has 0 radical (unpaired) electrons. The third-order valence-corrected chi connectivity index (χ3v) is 3.88. The molecule has 10 heteroatoms. The van der Waals surface area contributed by atoms with Gasteiger partial charge in [-0.15, -0.1) is 13.2 Å². The normalized spacial score (nSPS) is 10.9. The minimum absolute atomic E-state index is 0.0511. The van der Waals surface area contributed by atoms with Crippen LogP contribution in [-0.4, -0.2) is 23.2 Å². The van der Waals surface area contributed by atoms with Crippen molar-refractivity contribution < 1.29 is 32.2 Å². The van der Waals surface area contributed by atoms with Crippen molar-refractivity contribution in [1.82, 2.24) is 4.98 Å². The maximum atomic E-state index is 12.2. The van der Waals surface area contributed by atoms with Gasteiger partial charge in [0.05, 0.1) is 18.3 Å². The molecule has 3 N–H and O–H groups in total. The van der Waals surface area contributed by atoms with Gasteiger partial charge in [0.2, 0.25) is 17.7 Å². The Morgan fingerprint density at radius 2 is 1.74 bits per heavy atom. The number of halogens is 3. The van der Waals surface area contributed by atoms with Gasteiger partial charge < -0.3 is 20.5 Å². The standard InChI is InChI=1S/C21H16F3N3O4/c22-21(23,24)31-16-7-4-13(5-8-16)10-18(28)27-15-6-9-19(26-12-15)30-17-3-1-2-14(11-17)20(25)29/h1-9,11-12H,10H2,(H2,25,29)(H,27,28). The zero-order valence-corrected chi connectivity index (χ0v) is 15.8. The SMILES string of the molecule is NC(=O)c1cccc(Oc2ccc(NC(=O)Cc3ccc(OC(F)(F)F)cc3)cn2)c1. The second-order valence-electron chi connectivity index (χ2n) is 6.30.